The molecule has 0 aliphatic carbocycles. The van der Waals surface area contributed by atoms with Gasteiger partial charge in [0.25, 0.3) is 0 Å². The van der Waals surface area contributed by atoms with Crippen molar-refractivity contribution in [2.24, 2.45) is 0 Å². The molecule has 0 saturated carbocycles. The van der Waals surface area contributed by atoms with Gasteiger partial charge in [0, 0.05) is 6.54 Å². The van der Waals surface area contributed by atoms with Crippen molar-refractivity contribution in [3.05, 3.63) is 35.9 Å². The summed E-state index contributed by atoms with van der Waals surface area (Å²) in [6.45, 7) is 2.78. The first-order chi connectivity index (χ1) is 8.16. The van der Waals surface area contributed by atoms with Crippen molar-refractivity contribution in [1.29, 1.82) is 0 Å². The Kier molecular flexibility index (Phi) is 3.54. The summed E-state index contributed by atoms with van der Waals surface area (Å²) in [6.07, 6.45) is 0.250. The van der Waals surface area contributed by atoms with Crippen LogP contribution in [0.5, 0.6) is 0 Å². The summed E-state index contributed by atoms with van der Waals surface area (Å²) in [5.41, 5.74) is 1.23. The minimum atomic E-state index is -0.367. The van der Waals surface area contributed by atoms with E-state index >= 15 is 0 Å². The molecular weight excluding hydrogens is 216 g/mol. The fourth-order valence-corrected chi connectivity index (χ4v) is 1.94. The highest BCUT2D eigenvalue weighted by Crippen LogP contribution is 2.14. The van der Waals surface area contributed by atoms with Crippen molar-refractivity contribution < 1.29 is 9.59 Å². The van der Waals surface area contributed by atoms with Gasteiger partial charge in [0.05, 0.1) is 12.5 Å². The molecule has 1 aliphatic rings. The third-order valence-corrected chi connectivity index (χ3v) is 3.01. The van der Waals surface area contributed by atoms with Crippen molar-refractivity contribution in [3.63, 3.8) is 0 Å². The largest absolute Gasteiger partial charge is 0.305 e. The first-order valence-electron chi connectivity index (χ1n) is 5.79. The third kappa shape index (κ3) is 2.91. The second-order valence-corrected chi connectivity index (χ2v) is 4.39. The maximum atomic E-state index is 11.3. The van der Waals surface area contributed by atoms with Crippen LogP contribution in [0, 0.1) is 0 Å². The average molecular weight is 232 g/mol. The van der Waals surface area contributed by atoms with Crippen LogP contribution in [0.2, 0.25) is 0 Å². The van der Waals surface area contributed by atoms with Crippen LogP contribution in [0.25, 0.3) is 0 Å². The summed E-state index contributed by atoms with van der Waals surface area (Å²) in [6, 6.07) is 9.73. The second kappa shape index (κ2) is 5.10. The Labute approximate surface area is 100 Å². The Bertz CT molecular complexity index is 417. The van der Waals surface area contributed by atoms with E-state index in [4.69, 9.17) is 0 Å². The number of carbonyl (C=O) groups is 2. The molecule has 0 bridgehead atoms. The maximum absolute atomic E-state index is 11.3. The van der Waals surface area contributed by atoms with Gasteiger partial charge in [-0.15, -0.1) is 0 Å². The van der Waals surface area contributed by atoms with Gasteiger partial charge in [-0.1, -0.05) is 37.3 Å². The molecule has 4 heteroatoms. The van der Waals surface area contributed by atoms with Crippen LogP contribution in [0.4, 0.5) is 0 Å². The number of hydrogen-bond donors (Lipinski definition) is 2. The molecule has 0 spiro atoms. The minimum Gasteiger partial charge on any atom is -0.305 e. The van der Waals surface area contributed by atoms with Gasteiger partial charge in [-0.2, -0.15) is 0 Å². The molecule has 90 valence electrons. The number of rotatable bonds is 4. The van der Waals surface area contributed by atoms with Crippen molar-refractivity contribution >= 4 is 11.8 Å². The predicted molar refractivity (Wildman–Crippen MR) is 64.4 cm³/mol. The molecule has 2 atom stereocenters. The van der Waals surface area contributed by atoms with E-state index in [-0.39, 0.29) is 24.3 Å². The smallest absolute Gasteiger partial charge is 0.244 e. The second-order valence-electron chi connectivity index (χ2n) is 4.39. The van der Waals surface area contributed by atoms with Crippen LogP contribution >= 0.6 is 0 Å². The molecule has 2 N–H and O–H groups in total. The summed E-state index contributed by atoms with van der Waals surface area (Å²) >= 11 is 0. The lowest BCUT2D eigenvalue weighted by Crippen LogP contribution is -2.38. The summed E-state index contributed by atoms with van der Waals surface area (Å²) in [4.78, 5) is 22.3. The Hall–Kier alpha value is -1.68. The van der Waals surface area contributed by atoms with Gasteiger partial charge in [-0.05, 0) is 11.5 Å². The molecule has 4 nitrogen and oxygen atoms in total. The van der Waals surface area contributed by atoms with Crippen LogP contribution in [0.1, 0.15) is 24.8 Å². The molecule has 2 unspecified atom stereocenters. The van der Waals surface area contributed by atoms with E-state index in [1.165, 1.54) is 5.56 Å². The van der Waals surface area contributed by atoms with E-state index in [1.807, 2.05) is 18.2 Å². The van der Waals surface area contributed by atoms with Gasteiger partial charge in [-0.3, -0.25) is 14.9 Å². The lowest BCUT2D eigenvalue weighted by atomic mass is 10.0. The van der Waals surface area contributed by atoms with Crippen molar-refractivity contribution in [2.75, 3.05) is 6.54 Å². The molecule has 2 amide bonds. The van der Waals surface area contributed by atoms with Gasteiger partial charge in [0.1, 0.15) is 0 Å². The fraction of sp³-hybridized carbons (Fsp3) is 0.385. The highest BCUT2D eigenvalue weighted by molar-refractivity contribution is 6.05. The van der Waals surface area contributed by atoms with E-state index in [2.05, 4.69) is 29.7 Å². The van der Waals surface area contributed by atoms with Crippen molar-refractivity contribution in [1.82, 2.24) is 10.6 Å². The molecule has 1 aromatic rings. The lowest BCUT2D eigenvalue weighted by Gasteiger charge is -2.15. The molecule has 1 fully saturated rings. The minimum absolute atomic E-state index is 0.195. The van der Waals surface area contributed by atoms with Gasteiger partial charge in [0.15, 0.2) is 0 Å². The van der Waals surface area contributed by atoms with Gasteiger partial charge in [0.2, 0.25) is 11.8 Å². The summed E-state index contributed by atoms with van der Waals surface area (Å²) in [5.74, 6) is -0.0881. The zero-order valence-electron chi connectivity index (χ0n) is 9.77. The van der Waals surface area contributed by atoms with E-state index in [0.29, 0.717) is 12.5 Å². The number of amides is 2. The monoisotopic (exact) mass is 232 g/mol. The van der Waals surface area contributed by atoms with E-state index < -0.39 is 0 Å². The Morgan fingerprint density at radius 2 is 2.06 bits per heavy atom. The van der Waals surface area contributed by atoms with Gasteiger partial charge in [-0.25, -0.2) is 0 Å². The normalized spacial score (nSPS) is 21.4. The van der Waals surface area contributed by atoms with Crippen molar-refractivity contribution in [3.8, 4) is 0 Å². The number of carbonyl (C=O) groups excluding carboxylic acids is 2. The molecule has 0 radical (unpaired) electrons. The molecule has 0 aromatic heterocycles. The zero-order valence-corrected chi connectivity index (χ0v) is 9.77. The molecule has 1 aliphatic heterocycles. The van der Waals surface area contributed by atoms with Crippen LogP contribution in [0.3, 0.4) is 0 Å². The third-order valence-electron chi connectivity index (χ3n) is 3.01. The highest BCUT2D eigenvalue weighted by Gasteiger charge is 2.30. The standard InChI is InChI=1S/C13H16N2O2/c1-9(10-5-3-2-4-6-10)8-14-11-7-12(16)15-13(11)17/h2-6,9,11,14H,7-8H2,1H3,(H,15,16,17). The van der Waals surface area contributed by atoms with Crippen LogP contribution in [-0.2, 0) is 9.59 Å². The van der Waals surface area contributed by atoms with E-state index in [9.17, 15) is 9.59 Å². The SMILES string of the molecule is CC(CNC1CC(=O)NC1=O)c1ccccc1. The number of imide groups is 1. The van der Waals surface area contributed by atoms with Gasteiger partial charge < -0.3 is 5.32 Å². The van der Waals surface area contributed by atoms with Crippen LogP contribution in [0.15, 0.2) is 30.3 Å². The maximum Gasteiger partial charge on any atom is 0.244 e. The Balaban J connectivity index is 1.86. The fourth-order valence-electron chi connectivity index (χ4n) is 1.94. The molecular formula is C13H16N2O2. The van der Waals surface area contributed by atoms with E-state index in [0.717, 1.165) is 0 Å². The molecule has 1 aromatic carbocycles. The van der Waals surface area contributed by atoms with Crippen LogP contribution in [-0.4, -0.2) is 24.4 Å². The number of nitrogens with one attached hydrogen (secondary N) is 2. The molecule has 2 rings (SSSR count). The Morgan fingerprint density at radius 3 is 2.65 bits per heavy atom. The van der Waals surface area contributed by atoms with Gasteiger partial charge >= 0.3 is 0 Å². The number of hydrogen-bond acceptors (Lipinski definition) is 3. The Morgan fingerprint density at radius 1 is 1.35 bits per heavy atom. The molecule has 1 saturated heterocycles. The summed E-state index contributed by atoms with van der Waals surface area (Å²) in [7, 11) is 0. The molecule has 17 heavy (non-hydrogen) atoms. The van der Waals surface area contributed by atoms with Crippen LogP contribution < -0.4 is 10.6 Å². The lowest BCUT2D eigenvalue weighted by molar-refractivity contribution is -0.125. The first kappa shape index (κ1) is 11.8. The summed E-state index contributed by atoms with van der Waals surface area (Å²) < 4.78 is 0. The zero-order chi connectivity index (χ0) is 12.3. The highest BCUT2D eigenvalue weighted by atomic mass is 16.2. The topological polar surface area (TPSA) is 58.2 Å². The summed E-state index contributed by atoms with van der Waals surface area (Å²) in [5, 5.41) is 5.42. The van der Waals surface area contributed by atoms with E-state index in [1.54, 1.807) is 0 Å². The van der Waals surface area contributed by atoms with Crippen molar-refractivity contribution in [2.45, 2.75) is 25.3 Å². The quantitative estimate of drug-likeness (QED) is 0.755. The predicted octanol–water partition coefficient (Wildman–Crippen LogP) is 0.795. The number of benzene rings is 1. The average Bonchev–Trinajstić information content (AvgIpc) is 2.66. The molecule has 1 heterocycles. The first-order valence-corrected chi connectivity index (χ1v) is 5.79.